The molecule has 96 valence electrons. The Labute approximate surface area is 112 Å². The first-order chi connectivity index (χ1) is 9.11. The summed E-state index contributed by atoms with van der Waals surface area (Å²) >= 11 is 0. The first kappa shape index (κ1) is 13.1. The molecule has 0 spiro atoms. The van der Waals surface area contributed by atoms with Crippen LogP contribution >= 0.6 is 0 Å². The normalized spacial score (nSPS) is 10.0. The summed E-state index contributed by atoms with van der Waals surface area (Å²) in [5.41, 5.74) is 2.82. The molecule has 0 saturated carbocycles. The smallest absolute Gasteiger partial charge is 0.145 e. The first-order valence-corrected chi connectivity index (χ1v) is 6.07. The van der Waals surface area contributed by atoms with Gasteiger partial charge in [-0.2, -0.15) is 5.26 Å². The number of halogens is 1. The van der Waals surface area contributed by atoms with Gasteiger partial charge in [-0.05, 0) is 30.7 Å². The molecular formula is C16H15FN2. The Morgan fingerprint density at radius 3 is 2.63 bits per heavy atom. The van der Waals surface area contributed by atoms with Crippen molar-refractivity contribution < 1.29 is 4.39 Å². The molecule has 2 rings (SSSR count). The molecular weight excluding hydrogens is 239 g/mol. The quantitative estimate of drug-likeness (QED) is 0.836. The van der Waals surface area contributed by atoms with Gasteiger partial charge in [-0.25, -0.2) is 4.39 Å². The second kappa shape index (κ2) is 5.53. The van der Waals surface area contributed by atoms with Crippen LogP contribution in [0.2, 0.25) is 0 Å². The lowest BCUT2D eigenvalue weighted by atomic mass is 10.1. The Morgan fingerprint density at radius 1 is 1.21 bits per heavy atom. The number of hydrogen-bond acceptors (Lipinski definition) is 2. The number of nitrogens with zero attached hydrogens (tertiary/aromatic N) is 2. The summed E-state index contributed by atoms with van der Waals surface area (Å²) in [6.07, 6.45) is 0. The third-order valence-corrected chi connectivity index (χ3v) is 3.05. The summed E-state index contributed by atoms with van der Waals surface area (Å²) in [4.78, 5) is 1.96. The van der Waals surface area contributed by atoms with Crippen molar-refractivity contribution in [2.24, 2.45) is 0 Å². The van der Waals surface area contributed by atoms with Crippen LogP contribution in [0.15, 0.2) is 42.5 Å². The van der Waals surface area contributed by atoms with Crippen LogP contribution in [0.25, 0.3) is 0 Å². The van der Waals surface area contributed by atoms with Crippen molar-refractivity contribution >= 4 is 5.69 Å². The summed E-state index contributed by atoms with van der Waals surface area (Å²) in [5.74, 6) is -0.426. The third-order valence-electron chi connectivity index (χ3n) is 3.05. The summed E-state index contributed by atoms with van der Waals surface area (Å²) in [5, 5.41) is 8.83. The Kier molecular flexibility index (Phi) is 3.82. The van der Waals surface area contributed by atoms with E-state index in [1.807, 2.05) is 49.2 Å². The third kappa shape index (κ3) is 2.92. The van der Waals surface area contributed by atoms with E-state index in [4.69, 9.17) is 5.26 Å². The van der Waals surface area contributed by atoms with E-state index < -0.39 is 5.82 Å². The number of benzene rings is 2. The fourth-order valence-corrected chi connectivity index (χ4v) is 2.00. The van der Waals surface area contributed by atoms with Crippen molar-refractivity contribution in [2.75, 3.05) is 11.9 Å². The lowest BCUT2D eigenvalue weighted by Crippen LogP contribution is -2.17. The Bertz CT molecular complexity index is 629. The van der Waals surface area contributed by atoms with Gasteiger partial charge in [0.25, 0.3) is 0 Å². The van der Waals surface area contributed by atoms with Gasteiger partial charge in [-0.1, -0.05) is 24.3 Å². The highest BCUT2D eigenvalue weighted by molar-refractivity contribution is 5.48. The van der Waals surface area contributed by atoms with E-state index >= 15 is 0 Å². The van der Waals surface area contributed by atoms with Crippen molar-refractivity contribution in [2.45, 2.75) is 13.5 Å². The lowest BCUT2D eigenvalue weighted by Gasteiger charge is -2.20. The lowest BCUT2D eigenvalue weighted by molar-refractivity contribution is 0.604. The van der Waals surface area contributed by atoms with E-state index in [-0.39, 0.29) is 5.56 Å². The number of nitriles is 1. The standard InChI is InChI=1S/C16H15FN2/c1-12-5-3-8-15(9-12)19(2)11-14-7-4-6-13(10-18)16(14)17/h3-9H,11H2,1-2H3. The van der Waals surface area contributed by atoms with E-state index in [0.717, 1.165) is 11.3 Å². The maximum atomic E-state index is 14.0. The average molecular weight is 254 g/mol. The Balaban J connectivity index is 2.25. The van der Waals surface area contributed by atoms with Gasteiger partial charge in [0.1, 0.15) is 11.9 Å². The minimum atomic E-state index is -0.426. The molecule has 19 heavy (non-hydrogen) atoms. The number of rotatable bonds is 3. The first-order valence-electron chi connectivity index (χ1n) is 6.07. The summed E-state index contributed by atoms with van der Waals surface area (Å²) < 4.78 is 14.0. The Hall–Kier alpha value is -2.34. The highest BCUT2D eigenvalue weighted by Gasteiger charge is 2.10. The van der Waals surface area contributed by atoms with Gasteiger partial charge in [0.05, 0.1) is 5.56 Å². The molecule has 0 saturated heterocycles. The largest absolute Gasteiger partial charge is 0.370 e. The highest BCUT2D eigenvalue weighted by Crippen LogP contribution is 2.19. The highest BCUT2D eigenvalue weighted by atomic mass is 19.1. The molecule has 0 heterocycles. The van der Waals surface area contributed by atoms with Crippen LogP contribution in [-0.4, -0.2) is 7.05 Å². The van der Waals surface area contributed by atoms with E-state index in [1.54, 1.807) is 12.1 Å². The molecule has 0 unspecified atom stereocenters. The average Bonchev–Trinajstić information content (AvgIpc) is 2.41. The summed E-state index contributed by atoms with van der Waals surface area (Å²) in [6.45, 7) is 2.46. The van der Waals surface area contributed by atoms with Crippen LogP contribution in [0, 0.1) is 24.1 Å². The maximum absolute atomic E-state index is 14.0. The van der Waals surface area contributed by atoms with Crippen LogP contribution < -0.4 is 4.90 Å². The zero-order valence-corrected chi connectivity index (χ0v) is 11.0. The minimum Gasteiger partial charge on any atom is -0.370 e. The molecule has 0 atom stereocenters. The van der Waals surface area contributed by atoms with Crippen molar-refractivity contribution in [3.05, 3.63) is 65.0 Å². The van der Waals surface area contributed by atoms with Gasteiger partial charge in [0, 0.05) is 24.8 Å². The molecule has 0 aliphatic carbocycles. The zero-order valence-electron chi connectivity index (χ0n) is 11.0. The monoisotopic (exact) mass is 254 g/mol. The van der Waals surface area contributed by atoms with E-state index in [9.17, 15) is 4.39 Å². The molecule has 0 fully saturated rings. The number of aryl methyl sites for hydroxylation is 1. The van der Waals surface area contributed by atoms with Gasteiger partial charge in [-0.3, -0.25) is 0 Å². The van der Waals surface area contributed by atoms with Crippen molar-refractivity contribution in [1.82, 2.24) is 0 Å². The molecule has 0 aliphatic rings. The van der Waals surface area contributed by atoms with Gasteiger partial charge in [0.2, 0.25) is 0 Å². The zero-order chi connectivity index (χ0) is 13.8. The Morgan fingerprint density at radius 2 is 1.95 bits per heavy atom. The summed E-state index contributed by atoms with van der Waals surface area (Å²) in [6, 6.07) is 14.8. The van der Waals surface area contributed by atoms with Gasteiger partial charge in [-0.15, -0.1) is 0 Å². The van der Waals surface area contributed by atoms with Crippen molar-refractivity contribution in [1.29, 1.82) is 5.26 Å². The molecule has 0 aliphatic heterocycles. The fourth-order valence-electron chi connectivity index (χ4n) is 2.00. The van der Waals surface area contributed by atoms with Crippen LogP contribution in [0.4, 0.5) is 10.1 Å². The molecule has 0 radical (unpaired) electrons. The maximum Gasteiger partial charge on any atom is 0.145 e. The molecule has 3 heteroatoms. The number of anilines is 1. The SMILES string of the molecule is Cc1cccc(N(C)Cc2cccc(C#N)c2F)c1. The van der Waals surface area contributed by atoms with Crippen molar-refractivity contribution in [3.8, 4) is 6.07 Å². The van der Waals surface area contributed by atoms with E-state index in [1.165, 1.54) is 6.07 Å². The molecule has 2 nitrogen and oxygen atoms in total. The topological polar surface area (TPSA) is 27.0 Å². The molecule has 0 bridgehead atoms. The molecule has 2 aromatic carbocycles. The van der Waals surface area contributed by atoms with Crippen LogP contribution in [-0.2, 0) is 6.54 Å². The van der Waals surface area contributed by atoms with E-state index in [2.05, 4.69) is 0 Å². The molecule has 2 aromatic rings. The fraction of sp³-hybridized carbons (Fsp3) is 0.188. The second-order valence-corrected chi connectivity index (χ2v) is 4.59. The van der Waals surface area contributed by atoms with Gasteiger partial charge >= 0.3 is 0 Å². The molecule has 0 amide bonds. The van der Waals surface area contributed by atoms with E-state index in [0.29, 0.717) is 12.1 Å². The minimum absolute atomic E-state index is 0.0927. The molecule has 0 aromatic heterocycles. The van der Waals surface area contributed by atoms with Crippen LogP contribution in [0.3, 0.4) is 0 Å². The van der Waals surface area contributed by atoms with Crippen LogP contribution in [0.5, 0.6) is 0 Å². The van der Waals surface area contributed by atoms with Gasteiger partial charge in [0.15, 0.2) is 0 Å². The predicted molar refractivity (Wildman–Crippen MR) is 74.4 cm³/mol. The summed E-state index contributed by atoms with van der Waals surface area (Å²) in [7, 11) is 1.91. The number of hydrogen-bond donors (Lipinski definition) is 0. The predicted octanol–water partition coefficient (Wildman–Crippen LogP) is 3.64. The molecule has 0 N–H and O–H groups in total. The van der Waals surface area contributed by atoms with Crippen LogP contribution in [0.1, 0.15) is 16.7 Å². The van der Waals surface area contributed by atoms with Gasteiger partial charge < -0.3 is 4.90 Å². The van der Waals surface area contributed by atoms with Crippen molar-refractivity contribution in [3.63, 3.8) is 0 Å². The second-order valence-electron chi connectivity index (χ2n) is 4.59.